The Bertz CT molecular complexity index is 690. The Balaban J connectivity index is 1.70. The summed E-state index contributed by atoms with van der Waals surface area (Å²) in [5.74, 6) is -0.346. The van der Waals surface area contributed by atoms with E-state index in [0.29, 0.717) is 12.0 Å². The molecular formula is C18H20N2O3. The fourth-order valence-corrected chi connectivity index (χ4v) is 3.00. The van der Waals surface area contributed by atoms with E-state index in [4.69, 9.17) is 5.73 Å². The van der Waals surface area contributed by atoms with Crippen molar-refractivity contribution in [1.82, 2.24) is 5.32 Å². The fourth-order valence-electron chi connectivity index (χ4n) is 3.00. The molecule has 0 bridgehead atoms. The van der Waals surface area contributed by atoms with Crippen LogP contribution in [0.5, 0.6) is 0 Å². The van der Waals surface area contributed by atoms with Gasteiger partial charge >= 0.3 is 0 Å². The summed E-state index contributed by atoms with van der Waals surface area (Å²) in [6.45, 7) is 0. The molecule has 0 saturated carbocycles. The number of hydrogen-bond donors (Lipinski definition) is 4. The van der Waals surface area contributed by atoms with Crippen molar-refractivity contribution in [3.05, 3.63) is 71.3 Å². The third-order valence-electron chi connectivity index (χ3n) is 4.25. The number of benzene rings is 2. The van der Waals surface area contributed by atoms with Gasteiger partial charge in [-0.1, -0.05) is 54.6 Å². The standard InChI is InChI=1S/C18H20N2O3/c19-14(10-11-6-2-1-3-7-11)18(23)20-15-12-8-4-5-9-13(12)16(21)17(15)22/h1-9,14-17,21-22H,10,19H2,(H,20,23)/t14-,15?,16?,17?/m0/s1. The van der Waals surface area contributed by atoms with Crippen LogP contribution in [0.4, 0.5) is 0 Å². The van der Waals surface area contributed by atoms with Crippen LogP contribution < -0.4 is 11.1 Å². The molecule has 5 nitrogen and oxygen atoms in total. The van der Waals surface area contributed by atoms with Gasteiger partial charge in [0, 0.05) is 0 Å². The van der Waals surface area contributed by atoms with Gasteiger partial charge in [-0.05, 0) is 23.1 Å². The number of aliphatic hydroxyl groups is 2. The molecule has 120 valence electrons. The molecule has 0 aliphatic heterocycles. The molecule has 5 N–H and O–H groups in total. The lowest BCUT2D eigenvalue weighted by Gasteiger charge is -2.21. The minimum atomic E-state index is -1.07. The summed E-state index contributed by atoms with van der Waals surface area (Å²) in [6, 6.07) is 15.3. The van der Waals surface area contributed by atoms with E-state index >= 15 is 0 Å². The number of carbonyl (C=O) groups excluding carboxylic acids is 1. The minimum absolute atomic E-state index is 0.346. The molecule has 5 heteroatoms. The molecule has 0 heterocycles. The van der Waals surface area contributed by atoms with E-state index in [9.17, 15) is 15.0 Å². The van der Waals surface area contributed by atoms with Gasteiger partial charge in [0.25, 0.3) is 0 Å². The number of rotatable bonds is 4. The first-order chi connectivity index (χ1) is 11.1. The number of amides is 1. The van der Waals surface area contributed by atoms with E-state index in [1.165, 1.54) is 0 Å². The Morgan fingerprint density at radius 3 is 2.35 bits per heavy atom. The summed E-state index contributed by atoms with van der Waals surface area (Å²) in [4.78, 5) is 12.3. The average Bonchev–Trinajstić information content (AvgIpc) is 2.81. The SMILES string of the molecule is N[C@@H](Cc1ccccc1)C(=O)NC1c2ccccc2C(O)C1O. The molecule has 0 spiro atoms. The van der Waals surface area contributed by atoms with Crippen LogP contribution in [0.2, 0.25) is 0 Å². The molecule has 0 fully saturated rings. The Hall–Kier alpha value is -2.21. The van der Waals surface area contributed by atoms with E-state index < -0.39 is 24.3 Å². The highest BCUT2D eigenvalue weighted by Crippen LogP contribution is 2.38. The maximum absolute atomic E-state index is 12.3. The third-order valence-corrected chi connectivity index (χ3v) is 4.25. The van der Waals surface area contributed by atoms with Crippen molar-refractivity contribution < 1.29 is 15.0 Å². The largest absolute Gasteiger partial charge is 0.388 e. The molecular weight excluding hydrogens is 292 g/mol. The second-order valence-corrected chi connectivity index (χ2v) is 5.85. The number of aliphatic hydroxyl groups excluding tert-OH is 2. The van der Waals surface area contributed by atoms with Crippen LogP contribution in [-0.2, 0) is 11.2 Å². The quantitative estimate of drug-likeness (QED) is 0.672. The van der Waals surface area contributed by atoms with Gasteiger partial charge in [-0.15, -0.1) is 0 Å². The van der Waals surface area contributed by atoms with E-state index in [-0.39, 0.29) is 5.91 Å². The topological polar surface area (TPSA) is 95.6 Å². The maximum atomic E-state index is 12.3. The normalized spacial score (nSPS) is 24.0. The second-order valence-electron chi connectivity index (χ2n) is 5.85. The first kappa shape index (κ1) is 15.7. The molecule has 0 saturated heterocycles. The molecule has 2 aromatic carbocycles. The summed E-state index contributed by atoms with van der Waals surface area (Å²) in [5, 5.41) is 23.0. The van der Waals surface area contributed by atoms with Gasteiger partial charge in [-0.25, -0.2) is 0 Å². The Morgan fingerprint density at radius 2 is 1.65 bits per heavy atom. The summed E-state index contributed by atoms with van der Waals surface area (Å²) >= 11 is 0. The van der Waals surface area contributed by atoms with Gasteiger partial charge in [0.1, 0.15) is 12.2 Å². The minimum Gasteiger partial charge on any atom is -0.388 e. The molecule has 23 heavy (non-hydrogen) atoms. The summed E-state index contributed by atoms with van der Waals surface area (Å²) in [5.41, 5.74) is 8.32. The van der Waals surface area contributed by atoms with Crippen molar-refractivity contribution in [2.45, 2.75) is 30.7 Å². The smallest absolute Gasteiger partial charge is 0.237 e. The van der Waals surface area contributed by atoms with Crippen LogP contribution in [0.25, 0.3) is 0 Å². The van der Waals surface area contributed by atoms with Crippen LogP contribution in [0.3, 0.4) is 0 Å². The molecule has 1 aliphatic carbocycles. The van der Waals surface area contributed by atoms with Gasteiger partial charge in [-0.2, -0.15) is 0 Å². The van der Waals surface area contributed by atoms with Crippen molar-refractivity contribution in [3.8, 4) is 0 Å². The zero-order valence-corrected chi connectivity index (χ0v) is 12.6. The average molecular weight is 312 g/mol. The zero-order valence-electron chi connectivity index (χ0n) is 12.6. The molecule has 3 unspecified atom stereocenters. The zero-order chi connectivity index (χ0) is 16.4. The summed E-state index contributed by atoms with van der Waals surface area (Å²) < 4.78 is 0. The van der Waals surface area contributed by atoms with Gasteiger partial charge in [0.2, 0.25) is 5.91 Å². The number of nitrogens with one attached hydrogen (secondary N) is 1. The van der Waals surface area contributed by atoms with Crippen LogP contribution in [0.15, 0.2) is 54.6 Å². The molecule has 0 radical (unpaired) electrons. The predicted octanol–water partition coefficient (Wildman–Crippen LogP) is 0.822. The lowest BCUT2D eigenvalue weighted by molar-refractivity contribution is -0.124. The molecule has 4 atom stereocenters. The highest BCUT2D eigenvalue weighted by Gasteiger charge is 2.39. The monoisotopic (exact) mass is 312 g/mol. The van der Waals surface area contributed by atoms with Crippen molar-refractivity contribution >= 4 is 5.91 Å². The van der Waals surface area contributed by atoms with Gasteiger partial charge in [0.15, 0.2) is 0 Å². The number of carbonyl (C=O) groups is 1. The highest BCUT2D eigenvalue weighted by molar-refractivity contribution is 5.82. The van der Waals surface area contributed by atoms with E-state index in [0.717, 1.165) is 11.1 Å². The summed E-state index contributed by atoms with van der Waals surface area (Å²) in [7, 11) is 0. The van der Waals surface area contributed by atoms with Crippen LogP contribution in [-0.4, -0.2) is 28.3 Å². The van der Waals surface area contributed by atoms with Crippen LogP contribution >= 0.6 is 0 Å². The Labute approximate surface area is 134 Å². The van der Waals surface area contributed by atoms with E-state index in [1.807, 2.05) is 36.4 Å². The van der Waals surface area contributed by atoms with Crippen molar-refractivity contribution in [2.24, 2.45) is 5.73 Å². The third kappa shape index (κ3) is 3.12. The first-order valence-corrected chi connectivity index (χ1v) is 7.63. The van der Waals surface area contributed by atoms with Gasteiger partial charge in [0.05, 0.1) is 12.1 Å². The van der Waals surface area contributed by atoms with Gasteiger partial charge in [-0.3, -0.25) is 4.79 Å². The fraction of sp³-hybridized carbons (Fsp3) is 0.278. The first-order valence-electron chi connectivity index (χ1n) is 7.63. The number of nitrogens with two attached hydrogens (primary N) is 1. The highest BCUT2D eigenvalue weighted by atomic mass is 16.3. The molecule has 1 amide bonds. The number of fused-ring (bicyclic) bond motifs is 1. The van der Waals surface area contributed by atoms with Crippen molar-refractivity contribution in [3.63, 3.8) is 0 Å². The van der Waals surface area contributed by atoms with E-state index in [1.54, 1.807) is 18.2 Å². The number of hydrogen-bond acceptors (Lipinski definition) is 4. The Kier molecular flexibility index (Phi) is 4.43. The van der Waals surface area contributed by atoms with Gasteiger partial charge < -0.3 is 21.3 Å². The Morgan fingerprint density at radius 1 is 1.04 bits per heavy atom. The maximum Gasteiger partial charge on any atom is 0.237 e. The molecule has 1 aliphatic rings. The second kappa shape index (κ2) is 6.50. The molecule has 0 aromatic heterocycles. The molecule has 2 aromatic rings. The van der Waals surface area contributed by atoms with Crippen molar-refractivity contribution in [2.75, 3.05) is 0 Å². The lowest BCUT2D eigenvalue weighted by Crippen LogP contribution is -2.45. The molecule has 3 rings (SSSR count). The van der Waals surface area contributed by atoms with Crippen molar-refractivity contribution in [1.29, 1.82) is 0 Å². The lowest BCUT2D eigenvalue weighted by atomic mass is 10.0. The predicted molar refractivity (Wildman–Crippen MR) is 86.4 cm³/mol. The van der Waals surface area contributed by atoms with E-state index in [2.05, 4.69) is 5.32 Å². The summed E-state index contributed by atoms with van der Waals surface area (Å²) in [6.07, 6.45) is -1.65. The van der Waals surface area contributed by atoms with Crippen LogP contribution in [0, 0.1) is 0 Å². The van der Waals surface area contributed by atoms with Crippen LogP contribution in [0.1, 0.15) is 28.8 Å².